The summed E-state index contributed by atoms with van der Waals surface area (Å²) in [6.45, 7) is 6.34. The monoisotopic (exact) mass is 401 g/mol. The molecule has 7 heteroatoms. The highest BCUT2D eigenvalue weighted by molar-refractivity contribution is 6.30. The second kappa shape index (κ2) is 10.8. The zero-order valence-electron chi connectivity index (χ0n) is 15.6. The molecule has 2 rings (SSSR count). The molecule has 5 nitrogen and oxygen atoms in total. The number of carbonyl (C=O) groups is 2. The molecule has 1 aromatic carbocycles. The number of carbonyl (C=O) groups excluding carboxylic acids is 2. The van der Waals surface area contributed by atoms with Crippen molar-refractivity contribution in [3.05, 3.63) is 34.9 Å². The summed E-state index contributed by atoms with van der Waals surface area (Å²) in [5.41, 5.74) is 0.509. The fraction of sp³-hybridized carbons (Fsp3) is 0.579. The van der Waals surface area contributed by atoms with Crippen LogP contribution in [0, 0.1) is 11.8 Å². The molecule has 0 spiro atoms. The molecule has 0 saturated carbocycles. The van der Waals surface area contributed by atoms with Crippen molar-refractivity contribution in [1.29, 1.82) is 0 Å². The van der Waals surface area contributed by atoms with Gasteiger partial charge in [-0.2, -0.15) is 0 Å². The summed E-state index contributed by atoms with van der Waals surface area (Å²) in [7, 11) is 1.93. The SMILES string of the molecule is CNCC1CCCN(C(=O)C(NC(=O)c2ccc(Cl)cc2)C(C)C)C1.Cl. The molecule has 1 heterocycles. The Kier molecular flexibility index (Phi) is 9.41. The molecular weight excluding hydrogens is 373 g/mol. The van der Waals surface area contributed by atoms with Crippen molar-refractivity contribution in [1.82, 2.24) is 15.5 Å². The van der Waals surface area contributed by atoms with Crippen LogP contribution in [0.5, 0.6) is 0 Å². The number of rotatable bonds is 6. The molecule has 0 aromatic heterocycles. The topological polar surface area (TPSA) is 61.4 Å². The van der Waals surface area contributed by atoms with Crippen LogP contribution < -0.4 is 10.6 Å². The summed E-state index contributed by atoms with van der Waals surface area (Å²) >= 11 is 5.87. The first-order valence-electron chi connectivity index (χ1n) is 8.92. The first-order valence-corrected chi connectivity index (χ1v) is 9.30. The van der Waals surface area contributed by atoms with Crippen LogP contribution in [0.3, 0.4) is 0 Å². The zero-order valence-corrected chi connectivity index (χ0v) is 17.2. The lowest BCUT2D eigenvalue weighted by Gasteiger charge is -2.36. The van der Waals surface area contributed by atoms with Crippen LogP contribution in [0.25, 0.3) is 0 Å². The Hall–Kier alpha value is -1.30. The van der Waals surface area contributed by atoms with Gasteiger partial charge in [-0.25, -0.2) is 0 Å². The Morgan fingerprint density at radius 2 is 1.92 bits per heavy atom. The number of piperidine rings is 1. The Labute approximate surface area is 167 Å². The summed E-state index contributed by atoms with van der Waals surface area (Å²) < 4.78 is 0. The summed E-state index contributed by atoms with van der Waals surface area (Å²) in [5.74, 6) is 0.265. The minimum absolute atomic E-state index is 0. The van der Waals surface area contributed by atoms with Crippen molar-refractivity contribution in [2.24, 2.45) is 11.8 Å². The number of nitrogens with one attached hydrogen (secondary N) is 2. The predicted octanol–water partition coefficient (Wildman–Crippen LogP) is 2.97. The fourth-order valence-corrected chi connectivity index (χ4v) is 3.38. The highest BCUT2D eigenvalue weighted by Crippen LogP contribution is 2.18. The molecule has 1 aromatic rings. The average Bonchev–Trinajstić information content (AvgIpc) is 2.60. The van der Waals surface area contributed by atoms with E-state index in [2.05, 4.69) is 10.6 Å². The molecule has 1 fully saturated rings. The van der Waals surface area contributed by atoms with E-state index < -0.39 is 6.04 Å². The van der Waals surface area contributed by atoms with Crippen molar-refractivity contribution >= 4 is 35.8 Å². The van der Waals surface area contributed by atoms with Gasteiger partial charge in [-0.1, -0.05) is 25.4 Å². The standard InChI is InChI=1S/C19H28ClN3O2.ClH/c1-13(2)17(22-18(24)15-6-8-16(20)9-7-15)19(25)23-10-4-5-14(12-23)11-21-3;/h6-9,13-14,17,21H,4-5,10-12H2,1-3H3,(H,22,24);1H. The van der Waals surface area contributed by atoms with Gasteiger partial charge in [0.1, 0.15) is 6.04 Å². The molecule has 1 aliphatic rings. The Balaban J connectivity index is 0.00000338. The lowest BCUT2D eigenvalue weighted by Crippen LogP contribution is -2.54. The first kappa shape index (κ1) is 22.7. The van der Waals surface area contributed by atoms with E-state index in [-0.39, 0.29) is 30.1 Å². The molecule has 0 aliphatic carbocycles. The number of halogens is 2. The Bertz CT molecular complexity index is 591. The van der Waals surface area contributed by atoms with Gasteiger partial charge < -0.3 is 15.5 Å². The van der Waals surface area contributed by atoms with Crippen molar-refractivity contribution < 1.29 is 9.59 Å². The lowest BCUT2D eigenvalue weighted by molar-refractivity contribution is -0.136. The van der Waals surface area contributed by atoms with Crippen LogP contribution in [0.2, 0.25) is 5.02 Å². The molecule has 2 N–H and O–H groups in total. The van der Waals surface area contributed by atoms with Gasteiger partial charge in [-0.15, -0.1) is 12.4 Å². The molecule has 1 saturated heterocycles. The van der Waals surface area contributed by atoms with E-state index in [4.69, 9.17) is 11.6 Å². The maximum atomic E-state index is 13.0. The summed E-state index contributed by atoms with van der Waals surface area (Å²) in [4.78, 5) is 27.4. The van der Waals surface area contributed by atoms with Gasteiger partial charge in [-0.05, 0) is 62.5 Å². The van der Waals surface area contributed by atoms with Crippen LogP contribution in [-0.4, -0.2) is 49.4 Å². The number of hydrogen-bond acceptors (Lipinski definition) is 3. The maximum Gasteiger partial charge on any atom is 0.251 e. The number of amides is 2. The van der Waals surface area contributed by atoms with Crippen LogP contribution >= 0.6 is 24.0 Å². The fourth-order valence-electron chi connectivity index (χ4n) is 3.26. The maximum absolute atomic E-state index is 13.0. The van der Waals surface area contributed by atoms with Crippen LogP contribution in [0.1, 0.15) is 37.0 Å². The van der Waals surface area contributed by atoms with E-state index in [0.29, 0.717) is 16.5 Å². The quantitative estimate of drug-likeness (QED) is 0.769. The second-order valence-corrected chi connectivity index (χ2v) is 7.49. The first-order chi connectivity index (χ1) is 11.9. The van der Waals surface area contributed by atoms with E-state index in [0.717, 1.165) is 32.5 Å². The van der Waals surface area contributed by atoms with Gasteiger partial charge in [0.2, 0.25) is 5.91 Å². The minimum atomic E-state index is -0.517. The third-order valence-corrected chi connectivity index (χ3v) is 4.90. The predicted molar refractivity (Wildman–Crippen MR) is 108 cm³/mol. The van der Waals surface area contributed by atoms with Crippen LogP contribution in [-0.2, 0) is 4.79 Å². The van der Waals surface area contributed by atoms with Gasteiger partial charge in [0.15, 0.2) is 0 Å². The molecule has 1 aliphatic heterocycles. The normalized spacial score (nSPS) is 18.2. The van der Waals surface area contributed by atoms with Crippen molar-refractivity contribution in [3.63, 3.8) is 0 Å². The van der Waals surface area contributed by atoms with Gasteiger partial charge in [0.25, 0.3) is 5.91 Å². The third-order valence-electron chi connectivity index (χ3n) is 4.65. The molecule has 146 valence electrons. The van der Waals surface area contributed by atoms with E-state index in [1.807, 2.05) is 25.8 Å². The Morgan fingerprint density at radius 3 is 2.50 bits per heavy atom. The molecule has 2 amide bonds. The van der Waals surface area contributed by atoms with Crippen LogP contribution in [0.4, 0.5) is 0 Å². The van der Waals surface area contributed by atoms with Crippen molar-refractivity contribution in [2.75, 3.05) is 26.7 Å². The zero-order chi connectivity index (χ0) is 18.4. The van der Waals surface area contributed by atoms with Crippen molar-refractivity contribution in [3.8, 4) is 0 Å². The molecule has 2 atom stereocenters. The third kappa shape index (κ3) is 6.15. The molecular formula is C19H29Cl2N3O2. The smallest absolute Gasteiger partial charge is 0.251 e. The lowest BCUT2D eigenvalue weighted by atomic mass is 9.95. The largest absolute Gasteiger partial charge is 0.341 e. The molecule has 0 bridgehead atoms. The number of likely N-dealkylation sites (tertiary alicyclic amines) is 1. The van der Waals surface area contributed by atoms with E-state index >= 15 is 0 Å². The summed E-state index contributed by atoms with van der Waals surface area (Å²) in [5, 5.41) is 6.68. The highest BCUT2D eigenvalue weighted by atomic mass is 35.5. The average molecular weight is 402 g/mol. The Morgan fingerprint density at radius 1 is 1.27 bits per heavy atom. The van der Waals surface area contributed by atoms with Gasteiger partial charge in [0, 0.05) is 23.7 Å². The minimum Gasteiger partial charge on any atom is -0.341 e. The molecule has 0 radical (unpaired) electrons. The second-order valence-electron chi connectivity index (χ2n) is 7.05. The van der Waals surface area contributed by atoms with Gasteiger partial charge >= 0.3 is 0 Å². The van der Waals surface area contributed by atoms with Crippen molar-refractivity contribution in [2.45, 2.75) is 32.7 Å². The number of nitrogens with zero attached hydrogens (tertiary/aromatic N) is 1. The van der Waals surface area contributed by atoms with E-state index in [1.165, 1.54) is 0 Å². The molecule has 26 heavy (non-hydrogen) atoms. The summed E-state index contributed by atoms with van der Waals surface area (Å²) in [6, 6.07) is 6.18. The van der Waals surface area contributed by atoms with Gasteiger partial charge in [0.05, 0.1) is 0 Å². The number of hydrogen-bond donors (Lipinski definition) is 2. The molecule has 2 unspecified atom stereocenters. The highest BCUT2D eigenvalue weighted by Gasteiger charge is 2.31. The summed E-state index contributed by atoms with van der Waals surface area (Å²) in [6.07, 6.45) is 2.14. The van der Waals surface area contributed by atoms with E-state index in [9.17, 15) is 9.59 Å². The number of benzene rings is 1. The van der Waals surface area contributed by atoms with Crippen LogP contribution in [0.15, 0.2) is 24.3 Å². The van der Waals surface area contributed by atoms with Gasteiger partial charge in [-0.3, -0.25) is 9.59 Å². The van der Waals surface area contributed by atoms with E-state index in [1.54, 1.807) is 24.3 Å².